The molecule has 0 heterocycles. The molecule has 0 saturated carbocycles. The number of rotatable bonds is 27. The summed E-state index contributed by atoms with van der Waals surface area (Å²) in [7, 11) is 0. The Bertz CT molecular complexity index is 962. The van der Waals surface area contributed by atoms with Crippen molar-refractivity contribution in [1.82, 2.24) is 24.5 Å². The maximum absolute atomic E-state index is 11.0. The first kappa shape index (κ1) is 44.2. The maximum Gasteiger partial charge on any atom is 0.317 e. The second-order valence-corrected chi connectivity index (χ2v) is 9.66. The monoisotopic (exact) mass is 685 g/mol. The minimum Gasteiger partial charge on any atom is -0.480 e. The molecule has 0 saturated heterocycles. The summed E-state index contributed by atoms with van der Waals surface area (Å²) in [5.74, 6) is -11.1. The Morgan fingerprint density at radius 1 is 0.234 bits per heavy atom. The summed E-state index contributed by atoms with van der Waals surface area (Å²) >= 11 is 0. The van der Waals surface area contributed by atoms with Gasteiger partial charge in [0.05, 0.1) is 58.9 Å². The molecule has 0 fully saturated rings. The number of nitrogens with zero attached hydrogens (tertiary/aromatic N) is 5. The lowest BCUT2D eigenvalue weighted by molar-refractivity contribution is -0.145. The molecule has 9 N–H and O–H groups in total. The Hall–Kier alpha value is -4.97. The molecular formula is C24H39N5O18. The molecule has 0 unspecified atom stereocenters. The van der Waals surface area contributed by atoms with Crippen molar-refractivity contribution >= 4 is 53.7 Å². The van der Waals surface area contributed by atoms with Gasteiger partial charge in [0.2, 0.25) is 0 Å². The molecule has 0 amide bonds. The van der Waals surface area contributed by atoms with Gasteiger partial charge in [0.1, 0.15) is 0 Å². The van der Waals surface area contributed by atoms with E-state index in [0.29, 0.717) is 0 Å². The van der Waals surface area contributed by atoms with Gasteiger partial charge in [-0.25, -0.2) is 0 Å². The van der Waals surface area contributed by atoms with E-state index in [2.05, 4.69) is 0 Å². The van der Waals surface area contributed by atoms with Gasteiger partial charge in [0.15, 0.2) is 0 Å². The van der Waals surface area contributed by atoms with E-state index in [0.717, 1.165) is 19.6 Å². The summed E-state index contributed by atoms with van der Waals surface area (Å²) in [6.07, 6.45) is 0. The minimum atomic E-state index is -1.24. The first-order chi connectivity index (χ1) is 21.7. The van der Waals surface area contributed by atoms with Gasteiger partial charge in [-0.3, -0.25) is 67.7 Å². The number of hydrogen-bond acceptors (Lipinski definition) is 14. The minimum absolute atomic E-state index is 0.000836. The molecule has 0 bridgehead atoms. The Morgan fingerprint density at radius 2 is 0.340 bits per heavy atom. The molecule has 0 atom stereocenters. The fourth-order valence-electron chi connectivity index (χ4n) is 3.70. The normalized spacial score (nSPS) is 10.9. The SMILES string of the molecule is O=C(O)CN(CCN(CC(=O)O)CC(=O)O)CC(=O)O.O=C(O)CN(CCN(CC(=O)O)CC(=O)O)CCN(CC(=O)O)CC(=O)O. The standard InChI is InChI=1S/C14H23N3O10.C10H16N2O8/c18-10(19)5-15(1-3-16(6-11(20)21)7-12(22)23)2-4-17(8-13(24)25)9-14(26)27;13-7(14)3-11(4-8(15)16)1-2-12(5-9(17)18)6-10(19)20/h1-9H2,(H,18,19)(H,20,21)(H,22,23)(H,24,25)(H,26,27);1-6H2,(H,13,14)(H,15,16)(H,17,18)(H,19,20). The van der Waals surface area contributed by atoms with E-state index < -0.39 is 113 Å². The van der Waals surface area contributed by atoms with E-state index in [1.54, 1.807) is 0 Å². The van der Waals surface area contributed by atoms with Crippen LogP contribution < -0.4 is 0 Å². The predicted octanol–water partition coefficient (Wildman–Crippen LogP) is -4.76. The number of carboxylic acids is 9. The number of carbonyl (C=O) groups is 9. The fourth-order valence-corrected chi connectivity index (χ4v) is 3.70. The van der Waals surface area contributed by atoms with Crippen molar-refractivity contribution in [2.24, 2.45) is 0 Å². The molecule has 268 valence electrons. The van der Waals surface area contributed by atoms with Gasteiger partial charge in [-0.05, 0) is 0 Å². The van der Waals surface area contributed by atoms with Crippen LogP contribution in [0.4, 0.5) is 0 Å². The number of hydrogen-bond donors (Lipinski definition) is 9. The number of aliphatic carboxylic acids is 9. The number of carboxylic acid groups (broad SMARTS) is 9. The molecular weight excluding hydrogens is 646 g/mol. The van der Waals surface area contributed by atoms with Crippen molar-refractivity contribution in [2.75, 3.05) is 98.2 Å². The molecule has 0 aromatic heterocycles. The van der Waals surface area contributed by atoms with E-state index in [1.165, 1.54) is 4.90 Å². The van der Waals surface area contributed by atoms with Crippen molar-refractivity contribution in [1.29, 1.82) is 0 Å². The zero-order valence-corrected chi connectivity index (χ0v) is 25.0. The van der Waals surface area contributed by atoms with Crippen molar-refractivity contribution in [3.8, 4) is 0 Å². The Kier molecular flexibility index (Phi) is 22.8. The Balaban J connectivity index is 0. The smallest absolute Gasteiger partial charge is 0.317 e. The lowest BCUT2D eigenvalue weighted by atomic mass is 10.3. The van der Waals surface area contributed by atoms with Crippen LogP contribution in [0.25, 0.3) is 0 Å². The quantitative estimate of drug-likeness (QED) is 0.0392. The van der Waals surface area contributed by atoms with Gasteiger partial charge < -0.3 is 46.0 Å². The molecule has 0 aromatic rings. The van der Waals surface area contributed by atoms with Gasteiger partial charge in [-0.1, -0.05) is 0 Å². The van der Waals surface area contributed by atoms with Gasteiger partial charge in [0.25, 0.3) is 0 Å². The lowest BCUT2D eigenvalue weighted by Crippen LogP contribution is -2.45. The lowest BCUT2D eigenvalue weighted by Gasteiger charge is -2.27. The molecule has 0 aliphatic carbocycles. The van der Waals surface area contributed by atoms with Crippen molar-refractivity contribution < 1.29 is 89.1 Å². The first-order valence-electron chi connectivity index (χ1n) is 13.3. The zero-order valence-electron chi connectivity index (χ0n) is 25.0. The fraction of sp³-hybridized carbons (Fsp3) is 0.625. The van der Waals surface area contributed by atoms with Crippen LogP contribution >= 0.6 is 0 Å². The Morgan fingerprint density at radius 3 is 0.468 bits per heavy atom. The van der Waals surface area contributed by atoms with E-state index in [9.17, 15) is 43.2 Å². The average molecular weight is 686 g/mol. The van der Waals surface area contributed by atoms with Crippen molar-refractivity contribution in [2.45, 2.75) is 0 Å². The van der Waals surface area contributed by atoms with E-state index in [-0.39, 0.29) is 39.3 Å². The molecule has 0 spiro atoms. The largest absolute Gasteiger partial charge is 0.480 e. The average Bonchev–Trinajstić information content (AvgIpc) is 2.86. The highest BCUT2D eigenvalue weighted by molar-refractivity contribution is 5.74. The van der Waals surface area contributed by atoms with Crippen LogP contribution in [0.3, 0.4) is 0 Å². The summed E-state index contributed by atoms with van der Waals surface area (Å²) < 4.78 is 0. The maximum atomic E-state index is 11.0. The van der Waals surface area contributed by atoms with Crippen LogP contribution in [-0.2, 0) is 43.2 Å². The molecule has 47 heavy (non-hydrogen) atoms. The van der Waals surface area contributed by atoms with Gasteiger partial charge >= 0.3 is 53.7 Å². The molecule has 0 aliphatic heterocycles. The van der Waals surface area contributed by atoms with Crippen LogP contribution in [0, 0.1) is 0 Å². The molecule has 0 radical (unpaired) electrons. The van der Waals surface area contributed by atoms with Crippen molar-refractivity contribution in [3.05, 3.63) is 0 Å². The highest BCUT2D eigenvalue weighted by Gasteiger charge is 2.20. The topological polar surface area (TPSA) is 352 Å². The van der Waals surface area contributed by atoms with Crippen molar-refractivity contribution in [3.63, 3.8) is 0 Å². The molecule has 0 aromatic carbocycles. The zero-order chi connectivity index (χ0) is 36.7. The molecule has 23 heteroatoms. The van der Waals surface area contributed by atoms with Crippen LogP contribution in [-0.4, -0.2) is 222 Å². The van der Waals surface area contributed by atoms with Crippen LogP contribution in [0.1, 0.15) is 0 Å². The third-order valence-corrected chi connectivity index (χ3v) is 5.43. The van der Waals surface area contributed by atoms with E-state index >= 15 is 0 Å². The molecule has 0 rings (SSSR count). The van der Waals surface area contributed by atoms with E-state index in [1.807, 2.05) is 0 Å². The van der Waals surface area contributed by atoms with Gasteiger partial charge in [-0.15, -0.1) is 0 Å². The Labute approximate surface area is 266 Å². The third-order valence-electron chi connectivity index (χ3n) is 5.43. The predicted molar refractivity (Wildman–Crippen MR) is 151 cm³/mol. The van der Waals surface area contributed by atoms with Crippen LogP contribution in [0.2, 0.25) is 0 Å². The second-order valence-electron chi connectivity index (χ2n) is 9.66. The van der Waals surface area contributed by atoms with E-state index in [4.69, 9.17) is 46.0 Å². The molecule has 23 nitrogen and oxygen atoms in total. The van der Waals surface area contributed by atoms with Gasteiger partial charge in [0, 0.05) is 39.3 Å². The third kappa shape index (κ3) is 29.5. The highest BCUT2D eigenvalue weighted by Crippen LogP contribution is 1.98. The van der Waals surface area contributed by atoms with Gasteiger partial charge in [-0.2, -0.15) is 0 Å². The summed E-state index contributed by atoms with van der Waals surface area (Å²) in [6.45, 7) is -4.99. The summed E-state index contributed by atoms with van der Waals surface area (Å²) in [5, 5.41) is 78.6. The van der Waals surface area contributed by atoms with Crippen LogP contribution in [0.5, 0.6) is 0 Å². The second kappa shape index (κ2) is 24.3. The molecule has 0 aliphatic rings. The van der Waals surface area contributed by atoms with Crippen LogP contribution in [0.15, 0.2) is 0 Å². The summed E-state index contributed by atoms with van der Waals surface area (Å²) in [6, 6.07) is 0. The highest BCUT2D eigenvalue weighted by atomic mass is 16.4. The first-order valence-corrected chi connectivity index (χ1v) is 13.3. The summed E-state index contributed by atoms with van der Waals surface area (Å²) in [4.78, 5) is 102. The summed E-state index contributed by atoms with van der Waals surface area (Å²) in [5.41, 5.74) is 0.